The molecule has 27 heavy (non-hydrogen) atoms. The molecule has 3 aromatic carbocycles. The van der Waals surface area contributed by atoms with E-state index in [4.69, 9.17) is 11.6 Å². The fourth-order valence-corrected chi connectivity index (χ4v) is 3.64. The summed E-state index contributed by atoms with van der Waals surface area (Å²) in [7, 11) is 0. The first-order valence-electron chi connectivity index (χ1n) is 8.57. The van der Waals surface area contributed by atoms with Crippen molar-refractivity contribution in [3.05, 3.63) is 88.7 Å². The third-order valence-electron chi connectivity index (χ3n) is 4.64. The summed E-state index contributed by atoms with van der Waals surface area (Å²) in [6.07, 6.45) is 0. The number of hydrogen-bond donors (Lipinski definition) is 1. The number of carbonyl (C=O) groups is 1. The van der Waals surface area contributed by atoms with Gasteiger partial charge in [-0.05, 0) is 35.4 Å². The Morgan fingerprint density at radius 1 is 1.07 bits per heavy atom. The summed E-state index contributed by atoms with van der Waals surface area (Å²) < 4.78 is 1.76. The Morgan fingerprint density at radius 2 is 1.81 bits per heavy atom. The molecule has 0 radical (unpaired) electrons. The molecule has 0 fully saturated rings. The first-order chi connectivity index (χ1) is 13.0. The molecule has 0 spiro atoms. The number of fused-ring (bicyclic) bond motifs is 1. The third kappa shape index (κ3) is 3.20. The largest absolute Gasteiger partial charge is 0.477 e. The SMILES string of the molecule is Cc1nc(-c2cccc(Cl)c2)n(Cc2cccc3ccccc23)c1C(=O)O. The number of imidazole rings is 1. The molecule has 1 N–H and O–H groups in total. The zero-order valence-corrected chi connectivity index (χ0v) is 15.4. The highest BCUT2D eigenvalue weighted by atomic mass is 35.5. The third-order valence-corrected chi connectivity index (χ3v) is 4.87. The first kappa shape index (κ1) is 17.3. The molecule has 0 aliphatic heterocycles. The van der Waals surface area contributed by atoms with E-state index in [0.29, 0.717) is 23.1 Å². The lowest BCUT2D eigenvalue weighted by molar-refractivity contribution is 0.0685. The Hall–Kier alpha value is -3.11. The molecule has 0 aliphatic rings. The molecule has 5 heteroatoms. The number of aryl methyl sites for hydroxylation is 1. The summed E-state index contributed by atoms with van der Waals surface area (Å²) in [5, 5.41) is 12.6. The van der Waals surface area contributed by atoms with E-state index in [-0.39, 0.29) is 5.69 Å². The van der Waals surface area contributed by atoms with Crippen LogP contribution in [0.2, 0.25) is 5.02 Å². The summed E-state index contributed by atoms with van der Waals surface area (Å²) in [6.45, 7) is 2.13. The molecule has 0 amide bonds. The van der Waals surface area contributed by atoms with Crippen LogP contribution >= 0.6 is 11.6 Å². The molecule has 1 aromatic heterocycles. The molecule has 134 valence electrons. The topological polar surface area (TPSA) is 55.1 Å². The Kier molecular flexibility index (Phi) is 4.42. The van der Waals surface area contributed by atoms with E-state index in [0.717, 1.165) is 21.9 Å². The second kappa shape index (κ2) is 6.89. The van der Waals surface area contributed by atoms with E-state index in [1.165, 1.54) is 0 Å². The van der Waals surface area contributed by atoms with E-state index in [1.807, 2.05) is 54.6 Å². The Labute approximate surface area is 161 Å². The van der Waals surface area contributed by atoms with Crippen LogP contribution in [-0.2, 0) is 6.54 Å². The van der Waals surface area contributed by atoms with Crippen LogP contribution in [0.4, 0.5) is 0 Å². The van der Waals surface area contributed by atoms with Crippen molar-refractivity contribution in [2.24, 2.45) is 0 Å². The molecule has 0 unspecified atom stereocenters. The minimum atomic E-state index is -0.992. The van der Waals surface area contributed by atoms with Gasteiger partial charge in [0.05, 0.1) is 12.2 Å². The molecule has 4 nitrogen and oxygen atoms in total. The smallest absolute Gasteiger partial charge is 0.354 e. The fraction of sp³-hybridized carbons (Fsp3) is 0.0909. The first-order valence-corrected chi connectivity index (χ1v) is 8.95. The highest BCUT2D eigenvalue weighted by Crippen LogP contribution is 2.28. The standard InChI is InChI=1S/C22H17ClN2O2/c1-14-20(22(26)27)25(21(24-14)16-8-5-10-18(23)12-16)13-17-9-4-7-15-6-2-3-11-19(15)17/h2-12H,13H2,1H3,(H,26,27). The molecular formula is C22H17ClN2O2. The zero-order valence-electron chi connectivity index (χ0n) is 14.7. The van der Waals surface area contributed by atoms with Crippen LogP contribution in [-0.4, -0.2) is 20.6 Å². The average Bonchev–Trinajstić information content (AvgIpc) is 2.98. The lowest BCUT2D eigenvalue weighted by atomic mass is 10.0. The molecular weight excluding hydrogens is 360 g/mol. The highest BCUT2D eigenvalue weighted by molar-refractivity contribution is 6.30. The molecule has 0 aliphatic carbocycles. The lowest BCUT2D eigenvalue weighted by Gasteiger charge is -2.13. The van der Waals surface area contributed by atoms with Gasteiger partial charge >= 0.3 is 5.97 Å². The monoisotopic (exact) mass is 376 g/mol. The van der Waals surface area contributed by atoms with Crippen molar-refractivity contribution in [2.45, 2.75) is 13.5 Å². The van der Waals surface area contributed by atoms with Gasteiger partial charge in [-0.1, -0.05) is 66.2 Å². The zero-order chi connectivity index (χ0) is 19.0. The van der Waals surface area contributed by atoms with Gasteiger partial charge in [-0.3, -0.25) is 0 Å². The lowest BCUT2D eigenvalue weighted by Crippen LogP contribution is -2.12. The maximum absolute atomic E-state index is 11.9. The minimum Gasteiger partial charge on any atom is -0.477 e. The summed E-state index contributed by atoms with van der Waals surface area (Å²) in [5.41, 5.74) is 2.50. The van der Waals surface area contributed by atoms with Crippen molar-refractivity contribution in [3.63, 3.8) is 0 Å². The van der Waals surface area contributed by atoms with Crippen molar-refractivity contribution in [3.8, 4) is 11.4 Å². The van der Waals surface area contributed by atoms with Crippen molar-refractivity contribution in [1.82, 2.24) is 9.55 Å². The number of benzene rings is 3. The van der Waals surface area contributed by atoms with Gasteiger partial charge in [-0.25, -0.2) is 9.78 Å². The van der Waals surface area contributed by atoms with Crippen molar-refractivity contribution < 1.29 is 9.90 Å². The van der Waals surface area contributed by atoms with Crippen LogP contribution in [0, 0.1) is 6.92 Å². The van der Waals surface area contributed by atoms with Gasteiger partial charge in [-0.2, -0.15) is 0 Å². The fourth-order valence-electron chi connectivity index (χ4n) is 3.45. The van der Waals surface area contributed by atoms with E-state index in [9.17, 15) is 9.90 Å². The summed E-state index contributed by atoms with van der Waals surface area (Å²) >= 11 is 6.14. The second-order valence-electron chi connectivity index (χ2n) is 6.41. The van der Waals surface area contributed by atoms with E-state index in [2.05, 4.69) is 4.98 Å². The minimum absolute atomic E-state index is 0.193. The van der Waals surface area contributed by atoms with Gasteiger partial charge in [0.2, 0.25) is 0 Å². The van der Waals surface area contributed by atoms with Gasteiger partial charge in [0.1, 0.15) is 5.82 Å². The molecule has 4 rings (SSSR count). The maximum atomic E-state index is 11.9. The molecule has 0 atom stereocenters. The van der Waals surface area contributed by atoms with Crippen LogP contribution in [0.3, 0.4) is 0 Å². The normalized spacial score (nSPS) is 11.0. The number of halogens is 1. The van der Waals surface area contributed by atoms with E-state index in [1.54, 1.807) is 23.6 Å². The number of nitrogens with zero attached hydrogens (tertiary/aromatic N) is 2. The van der Waals surface area contributed by atoms with Crippen LogP contribution in [0.25, 0.3) is 22.2 Å². The van der Waals surface area contributed by atoms with Gasteiger partial charge in [0, 0.05) is 10.6 Å². The Morgan fingerprint density at radius 3 is 2.59 bits per heavy atom. The molecule has 0 saturated carbocycles. The molecule has 0 bridgehead atoms. The second-order valence-corrected chi connectivity index (χ2v) is 6.85. The van der Waals surface area contributed by atoms with Crippen LogP contribution in [0.15, 0.2) is 66.7 Å². The summed E-state index contributed by atoms with van der Waals surface area (Å²) in [5.74, 6) is -0.395. The van der Waals surface area contributed by atoms with Crippen molar-refractivity contribution in [2.75, 3.05) is 0 Å². The predicted molar refractivity (Wildman–Crippen MR) is 107 cm³/mol. The number of aromatic carboxylic acids is 1. The van der Waals surface area contributed by atoms with Gasteiger partial charge in [0.25, 0.3) is 0 Å². The van der Waals surface area contributed by atoms with E-state index < -0.39 is 5.97 Å². The molecule has 4 aromatic rings. The molecule has 0 saturated heterocycles. The predicted octanol–water partition coefficient (Wildman–Crippen LogP) is 5.41. The number of rotatable bonds is 4. The Balaban J connectivity index is 1.92. The quantitative estimate of drug-likeness (QED) is 0.518. The van der Waals surface area contributed by atoms with Gasteiger partial charge in [-0.15, -0.1) is 0 Å². The summed E-state index contributed by atoms with van der Waals surface area (Å²) in [4.78, 5) is 16.5. The van der Waals surface area contributed by atoms with E-state index >= 15 is 0 Å². The number of carboxylic acids is 1. The van der Waals surface area contributed by atoms with Crippen LogP contribution in [0.1, 0.15) is 21.7 Å². The van der Waals surface area contributed by atoms with Gasteiger partial charge < -0.3 is 9.67 Å². The van der Waals surface area contributed by atoms with Crippen LogP contribution in [0.5, 0.6) is 0 Å². The average molecular weight is 377 g/mol. The number of hydrogen-bond acceptors (Lipinski definition) is 2. The number of aromatic nitrogens is 2. The highest BCUT2D eigenvalue weighted by Gasteiger charge is 2.21. The summed E-state index contributed by atoms with van der Waals surface area (Å²) in [6, 6.07) is 21.4. The van der Waals surface area contributed by atoms with Crippen molar-refractivity contribution >= 4 is 28.3 Å². The maximum Gasteiger partial charge on any atom is 0.354 e. The Bertz CT molecular complexity index is 1160. The van der Waals surface area contributed by atoms with Crippen molar-refractivity contribution in [1.29, 1.82) is 0 Å². The molecule has 1 heterocycles. The number of carboxylic acid groups (broad SMARTS) is 1. The van der Waals surface area contributed by atoms with Gasteiger partial charge in [0.15, 0.2) is 5.69 Å². The van der Waals surface area contributed by atoms with Crippen LogP contribution < -0.4 is 0 Å².